The Hall–Kier alpha value is -1.40. The summed E-state index contributed by atoms with van der Waals surface area (Å²) in [5, 5.41) is 12.4. The number of pyridine rings is 1. The second-order valence-corrected chi connectivity index (χ2v) is 9.15. The highest BCUT2D eigenvalue weighted by Crippen LogP contribution is 2.54. The summed E-state index contributed by atoms with van der Waals surface area (Å²) in [6.45, 7) is 7.95. The highest BCUT2D eigenvalue weighted by molar-refractivity contribution is 6.30. The largest absolute Gasteiger partial charge is 0.494 e. The Bertz CT molecular complexity index is 864. The van der Waals surface area contributed by atoms with Crippen molar-refractivity contribution >= 4 is 22.5 Å². The first kappa shape index (κ1) is 16.8. The molecule has 1 aromatic carbocycles. The van der Waals surface area contributed by atoms with Gasteiger partial charge < -0.3 is 9.84 Å². The summed E-state index contributed by atoms with van der Waals surface area (Å²) in [6.07, 6.45) is -0.128. The van der Waals surface area contributed by atoms with Gasteiger partial charge in [0, 0.05) is 48.0 Å². The number of methoxy groups -OCH3 is 1. The first-order valence-electron chi connectivity index (χ1n) is 9.14. The van der Waals surface area contributed by atoms with Crippen LogP contribution in [0.15, 0.2) is 24.3 Å². The maximum absolute atomic E-state index is 10.9. The highest BCUT2D eigenvalue weighted by Gasteiger charge is 2.62. The van der Waals surface area contributed by atoms with E-state index in [1.165, 1.54) is 0 Å². The molecule has 5 nitrogen and oxygen atoms in total. The zero-order chi connectivity index (χ0) is 18.3. The highest BCUT2D eigenvalue weighted by atomic mass is 35.5. The Morgan fingerprint density at radius 3 is 2.35 bits per heavy atom. The van der Waals surface area contributed by atoms with Gasteiger partial charge in [0.15, 0.2) is 0 Å². The first-order chi connectivity index (χ1) is 12.3. The van der Waals surface area contributed by atoms with Gasteiger partial charge in [-0.15, -0.1) is 0 Å². The van der Waals surface area contributed by atoms with E-state index in [4.69, 9.17) is 16.3 Å². The number of hydrogen-bond donors (Lipinski definition) is 1. The number of ether oxygens (including phenoxy) is 1. The lowest BCUT2D eigenvalue weighted by molar-refractivity contribution is -0.253. The fourth-order valence-electron chi connectivity index (χ4n) is 5.74. The van der Waals surface area contributed by atoms with Crippen molar-refractivity contribution in [1.29, 1.82) is 0 Å². The Labute approximate surface area is 158 Å². The molecular weight excluding hydrogens is 350 g/mol. The normalized spacial score (nSPS) is 41.0. The quantitative estimate of drug-likeness (QED) is 0.820. The van der Waals surface area contributed by atoms with Gasteiger partial charge in [-0.1, -0.05) is 37.6 Å². The standard InChI is InChI=1S/C20H24ClN3O2/c1-19-8-23-10-20(2,18(19)25)11-24(9-19)17(23)13-7-12-5-4-6-14(26-3)15(12)22-16(13)21/h4-7,17-18,25H,8-11H2,1-3H3. The van der Waals surface area contributed by atoms with E-state index in [2.05, 4.69) is 40.8 Å². The summed E-state index contributed by atoms with van der Waals surface area (Å²) in [5.74, 6) is 0.741. The van der Waals surface area contributed by atoms with E-state index in [1.807, 2.05) is 12.1 Å². The minimum Gasteiger partial charge on any atom is -0.494 e. The number of aliphatic hydroxyl groups is 1. The molecular formula is C20H24ClN3O2. The van der Waals surface area contributed by atoms with Gasteiger partial charge in [-0.05, 0) is 12.1 Å². The van der Waals surface area contributed by atoms with E-state index in [1.54, 1.807) is 7.11 Å². The number of fused-ring (bicyclic) bond motifs is 1. The summed E-state index contributed by atoms with van der Waals surface area (Å²) in [4.78, 5) is 9.60. The van der Waals surface area contributed by atoms with E-state index in [-0.39, 0.29) is 23.1 Å². The smallest absolute Gasteiger partial charge is 0.145 e. The molecule has 4 aliphatic heterocycles. The van der Waals surface area contributed by atoms with E-state index in [9.17, 15) is 5.11 Å². The average Bonchev–Trinajstić information content (AvgIpc) is 2.58. The molecule has 6 rings (SSSR count). The van der Waals surface area contributed by atoms with Gasteiger partial charge in [0.05, 0.1) is 19.4 Å². The van der Waals surface area contributed by atoms with Crippen LogP contribution in [0.2, 0.25) is 5.15 Å². The van der Waals surface area contributed by atoms with Gasteiger partial charge in [0.1, 0.15) is 16.4 Å². The first-order valence-corrected chi connectivity index (χ1v) is 9.52. The molecule has 0 spiro atoms. The molecule has 26 heavy (non-hydrogen) atoms. The van der Waals surface area contributed by atoms with Gasteiger partial charge in [-0.3, -0.25) is 9.80 Å². The zero-order valence-corrected chi connectivity index (χ0v) is 16.1. The van der Waals surface area contributed by atoms with Crippen molar-refractivity contribution in [3.8, 4) is 5.75 Å². The monoisotopic (exact) mass is 373 g/mol. The molecule has 4 aliphatic rings. The molecule has 138 valence electrons. The van der Waals surface area contributed by atoms with Crippen molar-refractivity contribution in [1.82, 2.24) is 14.8 Å². The van der Waals surface area contributed by atoms with E-state index in [0.717, 1.165) is 48.4 Å². The van der Waals surface area contributed by atoms with E-state index in [0.29, 0.717) is 5.15 Å². The van der Waals surface area contributed by atoms with Crippen LogP contribution in [0.1, 0.15) is 25.6 Å². The summed E-state index contributed by atoms with van der Waals surface area (Å²) >= 11 is 6.65. The Balaban J connectivity index is 1.61. The third-order valence-corrected chi connectivity index (χ3v) is 6.86. The van der Waals surface area contributed by atoms with Crippen molar-refractivity contribution in [2.24, 2.45) is 10.8 Å². The molecule has 4 bridgehead atoms. The van der Waals surface area contributed by atoms with Crippen molar-refractivity contribution in [2.45, 2.75) is 26.1 Å². The molecule has 0 aliphatic carbocycles. The summed E-state index contributed by atoms with van der Waals surface area (Å²) < 4.78 is 5.43. The molecule has 6 heteroatoms. The molecule has 2 aromatic rings. The second kappa shape index (κ2) is 5.32. The lowest BCUT2D eigenvalue weighted by atomic mass is 9.60. The Morgan fingerprint density at radius 2 is 1.77 bits per heavy atom. The van der Waals surface area contributed by atoms with Crippen molar-refractivity contribution in [3.63, 3.8) is 0 Å². The maximum atomic E-state index is 10.9. The molecule has 4 saturated heterocycles. The van der Waals surface area contributed by atoms with Crippen LogP contribution in [0.5, 0.6) is 5.75 Å². The Kier molecular flexibility index (Phi) is 3.43. The number of piperidine rings is 2. The molecule has 1 N–H and O–H groups in total. The van der Waals surface area contributed by atoms with E-state index < -0.39 is 0 Å². The van der Waals surface area contributed by atoms with Crippen LogP contribution in [-0.4, -0.2) is 59.3 Å². The van der Waals surface area contributed by atoms with Crippen LogP contribution in [0, 0.1) is 10.8 Å². The lowest BCUT2D eigenvalue weighted by Crippen LogP contribution is -2.76. The average molecular weight is 374 g/mol. The van der Waals surface area contributed by atoms with Crippen molar-refractivity contribution in [2.75, 3.05) is 33.3 Å². The number of nitrogens with zero attached hydrogens (tertiary/aromatic N) is 3. The Morgan fingerprint density at radius 1 is 1.15 bits per heavy atom. The van der Waals surface area contributed by atoms with Gasteiger partial charge in [0.2, 0.25) is 0 Å². The number of hydrogen-bond acceptors (Lipinski definition) is 5. The third kappa shape index (κ3) is 2.12. The topological polar surface area (TPSA) is 48.8 Å². The molecule has 0 atom stereocenters. The molecule has 5 heterocycles. The van der Waals surface area contributed by atoms with Crippen molar-refractivity contribution < 1.29 is 9.84 Å². The predicted octanol–water partition coefficient (Wildman–Crippen LogP) is 2.91. The van der Waals surface area contributed by atoms with Crippen LogP contribution in [0.4, 0.5) is 0 Å². The summed E-state index contributed by atoms with van der Waals surface area (Å²) in [6, 6.07) is 8.10. The number of rotatable bonds is 2. The van der Waals surface area contributed by atoms with Gasteiger partial charge in [0.25, 0.3) is 0 Å². The second-order valence-electron chi connectivity index (χ2n) is 8.79. The zero-order valence-electron chi connectivity index (χ0n) is 15.4. The van der Waals surface area contributed by atoms with Crippen LogP contribution in [0.3, 0.4) is 0 Å². The van der Waals surface area contributed by atoms with Crippen molar-refractivity contribution in [3.05, 3.63) is 35.0 Å². The minimum atomic E-state index is -0.252. The maximum Gasteiger partial charge on any atom is 0.145 e. The van der Waals surface area contributed by atoms with Gasteiger partial charge in [-0.2, -0.15) is 0 Å². The number of aromatic nitrogens is 1. The fraction of sp³-hybridized carbons (Fsp3) is 0.550. The number of halogens is 1. The van der Waals surface area contributed by atoms with E-state index >= 15 is 0 Å². The molecule has 0 saturated carbocycles. The third-order valence-electron chi connectivity index (χ3n) is 6.56. The fourth-order valence-corrected chi connectivity index (χ4v) is 5.97. The summed E-state index contributed by atoms with van der Waals surface area (Å²) in [7, 11) is 1.65. The van der Waals surface area contributed by atoms with Gasteiger partial charge in [-0.25, -0.2) is 4.98 Å². The number of aliphatic hydroxyl groups excluding tert-OH is 1. The number of para-hydroxylation sites is 1. The lowest BCUT2D eigenvalue weighted by Gasteiger charge is -2.68. The molecule has 0 unspecified atom stereocenters. The predicted molar refractivity (Wildman–Crippen MR) is 101 cm³/mol. The van der Waals surface area contributed by atoms with Gasteiger partial charge >= 0.3 is 0 Å². The minimum absolute atomic E-state index is 0.0816. The van der Waals surface area contributed by atoms with Crippen LogP contribution in [0.25, 0.3) is 10.9 Å². The molecule has 0 amide bonds. The molecule has 1 aromatic heterocycles. The summed E-state index contributed by atoms with van der Waals surface area (Å²) in [5.41, 5.74) is 1.68. The molecule has 0 radical (unpaired) electrons. The SMILES string of the molecule is COc1cccc2cc(C3N4CC5(C)CN3CC(C)(C4)C5O)c(Cl)nc12. The van der Waals surface area contributed by atoms with Crippen LogP contribution >= 0.6 is 11.6 Å². The van der Waals surface area contributed by atoms with Crippen LogP contribution < -0.4 is 4.74 Å². The van der Waals surface area contributed by atoms with Crippen LogP contribution in [-0.2, 0) is 0 Å². The molecule has 4 fully saturated rings. The number of benzene rings is 1.